The summed E-state index contributed by atoms with van der Waals surface area (Å²) in [5.74, 6) is -0.916. The molecule has 0 radical (unpaired) electrons. The highest BCUT2D eigenvalue weighted by Crippen LogP contribution is 2.24. The van der Waals surface area contributed by atoms with E-state index < -0.39 is 18.3 Å². The van der Waals surface area contributed by atoms with Gasteiger partial charge in [-0.05, 0) is 17.7 Å². The van der Waals surface area contributed by atoms with Gasteiger partial charge in [0.25, 0.3) is 0 Å². The van der Waals surface area contributed by atoms with Gasteiger partial charge in [0.05, 0.1) is 0 Å². The lowest BCUT2D eigenvalue weighted by molar-refractivity contribution is -0.274. The van der Waals surface area contributed by atoms with E-state index in [4.69, 9.17) is 11.5 Å². The molecular weight excluding hydrogens is 273 g/mol. The predicted molar refractivity (Wildman–Crippen MR) is 61.1 cm³/mol. The Bertz CT molecular complexity index is 395. The zero-order chi connectivity index (χ0) is 13.1. The maximum absolute atomic E-state index is 11.9. The number of amides is 1. The summed E-state index contributed by atoms with van der Waals surface area (Å²) < 4.78 is 39.3. The molecule has 0 aromatic heterocycles. The van der Waals surface area contributed by atoms with Crippen LogP contribution in [-0.4, -0.2) is 12.3 Å². The van der Waals surface area contributed by atoms with Crippen molar-refractivity contribution in [2.45, 2.75) is 18.8 Å². The number of benzene rings is 1. The van der Waals surface area contributed by atoms with Gasteiger partial charge in [-0.2, -0.15) is 0 Å². The smallest absolute Gasteiger partial charge is 0.406 e. The van der Waals surface area contributed by atoms with Gasteiger partial charge in [0.15, 0.2) is 0 Å². The number of hydrogen-bond acceptors (Lipinski definition) is 3. The van der Waals surface area contributed by atoms with Crippen molar-refractivity contribution in [1.82, 2.24) is 0 Å². The van der Waals surface area contributed by atoms with Gasteiger partial charge in [0.1, 0.15) is 5.75 Å². The summed E-state index contributed by atoms with van der Waals surface area (Å²) in [7, 11) is 0. The topological polar surface area (TPSA) is 78.3 Å². The molecule has 1 amide bonds. The molecule has 0 aliphatic rings. The number of ether oxygens (including phenoxy) is 1. The number of nitrogens with two attached hydrogens (primary N) is 2. The Morgan fingerprint density at radius 2 is 1.78 bits per heavy atom. The zero-order valence-electron chi connectivity index (χ0n) is 9.11. The molecule has 4 nitrogen and oxygen atoms in total. The second-order valence-corrected chi connectivity index (χ2v) is 3.39. The van der Waals surface area contributed by atoms with E-state index in [0.29, 0.717) is 5.56 Å². The molecule has 0 saturated carbocycles. The Morgan fingerprint density at radius 3 is 2.17 bits per heavy atom. The number of carbonyl (C=O) groups excluding carboxylic acids is 1. The van der Waals surface area contributed by atoms with Gasteiger partial charge in [-0.25, -0.2) is 0 Å². The fourth-order valence-corrected chi connectivity index (χ4v) is 1.25. The summed E-state index contributed by atoms with van der Waals surface area (Å²) in [5, 5.41) is 0. The molecule has 0 bridgehead atoms. The van der Waals surface area contributed by atoms with Crippen molar-refractivity contribution < 1.29 is 22.7 Å². The Kier molecular flexibility index (Phi) is 5.93. The first-order valence-electron chi connectivity index (χ1n) is 4.67. The maximum Gasteiger partial charge on any atom is 0.573 e. The van der Waals surface area contributed by atoms with Gasteiger partial charge in [-0.15, -0.1) is 25.6 Å². The molecule has 0 heterocycles. The number of primary amides is 1. The van der Waals surface area contributed by atoms with E-state index >= 15 is 0 Å². The van der Waals surface area contributed by atoms with Crippen molar-refractivity contribution in [2.24, 2.45) is 11.5 Å². The molecular formula is C10H12ClF3N2O2. The lowest BCUT2D eigenvalue weighted by Crippen LogP contribution is -2.20. The average molecular weight is 285 g/mol. The monoisotopic (exact) mass is 284 g/mol. The first kappa shape index (κ1) is 16.5. The SMILES string of the molecule is Cl.NC(=O)CC(N)c1ccc(OC(F)(F)F)cc1. The predicted octanol–water partition coefficient (Wildman–Crippen LogP) is 1.88. The van der Waals surface area contributed by atoms with Crippen molar-refractivity contribution in [2.75, 3.05) is 0 Å². The Hall–Kier alpha value is -1.47. The summed E-state index contributed by atoms with van der Waals surface area (Å²) in [6.45, 7) is 0. The van der Waals surface area contributed by atoms with Crippen LogP contribution in [0.1, 0.15) is 18.0 Å². The maximum atomic E-state index is 11.9. The highest BCUT2D eigenvalue weighted by Gasteiger charge is 2.31. The highest BCUT2D eigenvalue weighted by molar-refractivity contribution is 5.85. The summed E-state index contributed by atoms with van der Waals surface area (Å²) in [4.78, 5) is 10.6. The summed E-state index contributed by atoms with van der Waals surface area (Å²) >= 11 is 0. The molecule has 0 aliphatic heterocycles. The molecule has 4 N–H and O–H groups in total. The van der Waals surface area contributed by atoms with Crippen molar-refractivity contribution >= 4 is 18.3 Å². The first-order valence-corrected chi connectivity index (χ1v) is 4.67. The average Bonchev–Trinajstić information content (AvgIpc) is 2.15. The van der Waals surface area contributed by atoms with Crippen LogP contribution in [0.5, 0.6) is 5.75 Å². The number of hydrogen-bond donors (Lipinski definition) is 2. The van der Waals surface area contributed by atoms with Crippen LogP contribution in [0.15, 0.2) is 24.3 Å². The van der Waals surface area contributed by atoms with E-state index in [1.807, 2.05) is 0 Å². The first-order chi connectivity index (χ1) is 7.78. The van der Waals surface area contributed by atoms with Crippen molar-refractivity contribution in [1.29, 1.82) is 0 Å². The molecule has 0 spiro atoms. The van der Waals surface area contributed by atoms with Crippen molar-refractivity contribution in [3.63, 3.8) is 0 Å². The van der Waals surface area contributed by atoms with E-state index in [1.165, 1.54) is 12.1 Å². The van der Waals surface area contributed by atoms with Crippen LogP contribution >= 0.6 is 12.4 Å². The Morgan fingerprint density at radius 1 is 1.28 bits per heavy atom. The molecule has 1 atom stereocenters. The van der Waals surface area contributed by atoms with Crippen LogP contribution in [0.25, 0.3) is 0 Å². The normalized spacial score (nSPS) is 12.4. The molecule has 0 saturated heterocycles. The molecule has 1 aromatic rings. The van der Waals surface area contributed by atoms with Crippen LogP contribution < -0.4 is 16.2 Å². The highest BCUT2D eigenvalue weighted by atomic mass is 35.5. The fraction of sp³-hybridized carbons (Fsp3) is 0.300. The lowest BCUT2D eigenvalue weighted by atomic mass is 10.0. The minimum atomic E-state index is -4.73. The van der Waals surface area contributed by atoms with E-state index in [9.17, 15) is 18.0 Å². The van der Waals surface area contributed by atoms with Gasteiger partial charge in [0.2, 0.25) is 5.91 Å². The zero-order valence-corrected chi connectivity index (χ0v) is 9.92. The van der Waals surface area contributed by atoms with Gasteiger partial charge >= 0.3 is 6.36 Å². The van der Waals surface area contributed by atoms with Crippen LogP contribution in [-0.2, 0) is 4.79 Å². The summed E-state index contributed by atoms with van der Waals surface area (Å²) in [6, 6.07) is 4.34. The molecule has 1 rings (SSSR count). The molecule has 18 heavy (non-hydrogen) atoms. The van der Waals surface area contributed by atoms with Gasteiger partial charge in [-0.1, -0.05) is 12.1 Å². The van der Waals surface area contributed by atoms with E-state index in [-0.39, 0.29) is 24.6 Å². The number of rotatable bonds is 4. The van der Waals surface area contributed by atoms with Gasteiger partial charge < -0.3 is 16.2 Å². The largest absolute Gasteiger partial charge is 0.573 e. The van der Waals surface area contributed by atoms with E-state index in [2.05, 4.69) is 4.74 Å². The van der Waals surface area contributed by atoms with Gasteiger partial charge in [0, 0.05) is 12.5 Å². The van der Waals surface area contributed by atoms with Gasteiger partial charge in [-0.3, -0.25) is 4.79 Å². The van der Waals surface area contributed by atoms with Crippen LogP contribution in [0.3, 0.4) is 0 Å². The third-order valence-electron chi connectivity index (χ3n) is 1.96. The third-order valence-corrected chi connectivity index (χ3v) is 1.96. The molecule has 102 valence electrons. The fourth-order valence-electron chi connectivity index (χ4n) is 1.25. The Labute approximate surface area is 107 Å². The summed E-state index contributed by atoms with van der Waals surface area (Å²) in [5.41, 5.74) is 11.1. The van der Waals surface area contributed by atoms with E-state index in [1.54, 1.807) is 0 Å². The number of carbonyl (C=O) groups is 1. The van der Waals surface area contributed by atoms with Crippen LogP contribution in [0, 0.1) is 0 Å². The minimum absolute atomic E-state index is 0. The summed E-state index contributed by atoms with van der Waals surface area (Å²) in [6.07, 6.45) is -4.80. The van der Waals surface area contributed by atoms with Crippen molar-refractivity contribution in [3.8, 4) is 5.75 Å². The van der Waals surface area contributed by atoms with Crippen LogP contribution in [0.2, 0.25) is 0 Å². The third kappa shape index (κ3) is 5.74. The molecule has 0 aliphatic carbocycles. The number of alkyl halides is 3. The molecule has 1 aromatic carbocycles. The number of halogens is 4. The second-order valence-electron chi connectivity index (χ2n) is 3.39. The minimum Gasteiger partial charge on any atom is -0.406 e. The lowest BCUT2D eigenvalue weighted by Gasteiger charge is -2.12. The van der Waals surface area contributed by atoms with Crippen LogP contribution in [0.4, 0.5) is 13.2 Å². The van der Waals surface area contributed by atoms with E-state index in [0.717, 1.165) is 12.1 Å². The molecule has 8 heteroatoms. The quantitative estimate of drug-likeness (QED) is 0.886. The second kappa shape index (κ2) is 6.46. The molecule has 0 fully saturated rings. The Balaban J connectivity index is 0.00000289. The standard InChI is InChI=1S/C10H11F3N2O2.ClH/c11-10(12,13)17-7-3-1-6(2-4-7)8(14)5-9(15)16;/h1-4,8H,5,14H2,(H2,15,16);1H. The van der Waals surface area contributed by atoms with Crippen molar-refractivity contribution in [3.05, 3.63) is 29.8 Å². The molecule has 1 unspecified atom stereocenters.